The lowest BCUT2D eigenvalue weighted by Gasteiger charge is -2.16. The van der Waals surface area contributed by atoms with E-state index in [0.29, 0.717) is 0 Å². The molecule has 3 rings (SSSR count). The molecule has 1 fully saturated rings. The molecule has 20 heavy (non-hydrogen) atoms. The highest BCUT2D eigenvalue weighted by Crippen LogP contribution is 2.40. The standard InChI is InChI=1S/C16H14O4/c17-12-5-1-3-10(7-12)14-9-20-16(19)15(14)11-4-2-6-13(18)8-11/h1-8,14-15,17-18H,9H2. The Morgan fingerprint density at radius 1 is 0.950 bits per heavy atom. The molecule has 2 aromatic rings. The fourth-order valence-electron chi connectivity index (χ4n) is 2.65. The van der Waals surface area contributed by atoms with Gasteiger partial charge in [-0.05, 0) is 35.4 Å². The Balaban J connectivity index is 2.01. The molecule has 2 atom stereocenters. The van der Waals surface area contributed by atoms with Crippen molar-refractivity contribution < 1.29 is 19.7 Å². The van der Waals surface area contributed by atoms with Crippen LogP contribution in [0.4, 0.5) is 0 Å². The molecule has 1 aliphatic heterocycles. The lowest BCUT2D eigenvalue weighted by Crippen LogP contribution is -2.12. The topological polar surface area (TPSA) is 66.8 Å². The number of benzene rings is 2. The van der Waals surface area contributed by atoms with Crippen LogP contribution in [0.15, 0.2) is 48.5 Å². The van der Waals surface area contributed by atoms with Gasteiger partial charge in [-0.25, -0.2) is 0 Å². The largest absolute Gasteiger partial charge is 0.508 e. The fourth-order valence-corrected chi connectivity index (χ4v) is 2.65. The van der Waals surface area contributed by atoms with Gasteiger partial charge < -0.3 is 14.9 Å². The molecular weight excluding hydrogens is 256 g/mol. The van der Waals surface area contributed by atoms with E-state index in [-0.39, 0.29) is 30.0 Å². The molecule has 1 aliphatic rings. The third-order valence-corrected chi connectivity index (χ3v) is 3.59. The fraction of sp³-hybridized carbons (Fsp3) is 0.188. The van der Waals surface area contributed by atoms with Gasteiger partial charge in [0.25, 0.3) is 0 Å². The average molecular weight is 270 g/mol. The van der Waals surface area contributed by atoms with E-state index >= 15 is 0 Å². The zero-order valence-corrected chi connectivity index (χ0v) is 10.7. The first-order valence-electron chi connectivity index (χ1n) is 6.39. The van der Waals surface area contributed by atoms with E-state index in [1.807, 2.05) is 6.07 Å². The molecule has 4 nitrogen and oxygen atoms in total. The summed E-state index contributed by atoms with van der Waals surface area (Å²) in [6.45, 7) is 0.280. The van der Waals surface area contributed by atoms with E-state index in [1.54, 1.807) is 42.5 Å². The molecule has 0 aliphatic carbocycles. The summed E-state index contributed by atoms with van der Waals surface area (Å²) in [6, 6.07) is 13.5. The number of esters is 1. The van der Waals surface area contributed by atoms with Gasteiger partial charge in [-0.3, -0.25) is 4.79 Å². The number of rotatable bonds is 2. The van der Waals surface area contributed by atoms with Crippen LogP contribution in [0.1, 0.15) is 23.0 Å². The highest BCUT2D eigenvalue weighted by molar-refractivity contribution is 5.82. The van der Waals surface area contributed by atoms with E-state index in [1.165, 1.54) is 0 Å². The van der Waals surface area contributed by atoms with Gasteiger partial charge >= 0.3 is 5.97 Å². The summed E-state index contributed by atoms with van der Waals surface area (Å²) in [5.74, 6) is -0.627. The number of ether oxygens (including phenoxy) is 1. The highest BCUT2D eigenvalue weighted by Gasteiger charge is 2.39. The molecule has 1 heterocycles. The van der Waals surface area contributed by atoms with Crippen molar-refractivity contribution in [1.82, 2.24) is 0 Å². The second kappa shape index (κ2) is 4.89. The van der Waals surface area contributed by atoms with Crippen molar-refractivity contribution in [3.05, 3.63) is 59.7 Å². The molecule has 102 valence electrons. The highest BCUT2D eigenvalue weighted by atomic mass is 16.5. The first-order valence-corrected chi connectivity index (χ1v) is 6.39. The van der Waals surface area contributed by atoms with Gasteiger partial charge in [0.1, 0.15) is 11.5 Å². The summed E-state index contributed by atoms with van der Waals surface area (Å²) in [6.07, 6.45) is 0. The van der Waals surface area contributed by atoms with Gasteiger partial charge in [-0.2, -0.15) is 0 Å². The maximum Gasteiger partial charge on any atom is 0.314 e. The van der Waals surface area contributed by atoms with Crippen molar-refractivity contribution in [2.75, 3.05) is 6.61 Å². The normalized spacial score (nSPS) is 21.7. The summed E-state index contributed by atoms with van der Waals surface area (Å²) in [5, 5.41) is 19.1. The maximum atomic E-state index is 12.0. The quantitative estimate of drug-likeness (QED) is 0.823. The van der Waals surface area contributed by atoms with Crippen LogP contribution < -0.4 is 0 Å². The molecule has 0 saturated carbocycles. The zero-order valence-electron chi connectivity index (χ0n) is 10.7. The van der Waals surface area contributed by atoms with Crippen molar-refractivity contribution in [1.29, 1.82) is 0 Å². The SMILES string of the molecule is O=C1OCC(c2cccc(O)c2)C1c1cccc(O)c1. The van der Waals surface area contributed by atoms with Gasteiger partial charge in [0, 0.05) is 5.92 Å². The van der Waals surface area contributed by atoms with E-state index in [4.69, 9.17) is 4.74 Å². The number of hydrogen-bond donors (Lipinski definition) is 2. The molecule has 0 amide bonds. The summed E-state index contributed by atoms with van der Waals surface area (Å²) < 4.78 is 5.16. The monoisotopic (exact) mass is 270 g/mol. The lowest BCUT2D eigenvalue weighted by atomic mass is 9.83. The summed E-state index contributed by atoms with van der Waals surface area (Å²) >= 11 is 0. The third kappa shape index (κ3) is 2.20. The van der Waals surface area contributed by atoms with Crippen LogP contribution >= 0.6 is 0 Å². The van der Waals surface area contributed by atoms with E-state index < -0.39 is 5.92 Å². The number of phenols is 2. The van der Waals surface area contributed by atoms with Crippen LogP contribution in [-0.4, -0.2) is 22.8 Å². The summed E-state index contributed by atoms with van der Waals surface area (Å²) in [5.41, 5.74) is 1.57. The second-order valence-electron chi connectivity index (χ2n) is 4.90. The Morgan fingerprint density at radius 2 is 1.55 bits per heavy atom. The number of aromatic hydroxyl groups is 2. The van der Waals surface area contributed by atoms with Crippen molar-refractivity contribution >= 4 is 5.97 Å². The molecule has 4 heteroatoms. The Kier molecular flexibility index (Phi) is 3.06. The molecule has 0 aromatic heterocycles. The van der Waals surface area contributed by atoms with Crippen LogP contribution in [0.2, 0.25) is 0 Å². The molecular formula is C16H14O4. The second-order valence-corrected chi connectivity index (χ2v) is 4.90. The smallest absolute Gasteiger partial charge is 0.314 e. The molecule has 0 spiro atoms. The number of cyclic esters (lactones) is 1. The Labute approximate surface area is 116 Å². The predicted octanol–water partition coefficient (Wildman–Crippen LogP) is 2.52. The number of carbonyl (C=O) groups is 1. The Morgan fingerprint density at radius 3 is 2.20 bits per heavy atom. The summed E-state index contributed by atoms with van der Waals surface area (Å²) in [4.78, 5) is 12.0. The average Bonchev–Trinajstić information content (AvgIpc) is 2.80. The maximum absolute atomic E-state index is 12.0. The zero-order chi connectivity index (χ0) is 14.1. The molecule has 2 unspecified atom stereocenters. The minimum Gasteiger partial charge on any atom is -0.508 e. The molecule has 1 saturated heterocycles. The minimum absolute atomic E-state index is 0.122. The van der Waals surface area contributed by atoms with Crippen molar-refractivity contribution in [2.45, 2.75) is 11.8 Å². The summed E-state index contributed by atoms with van der Waals surface area (Å²) in [7, 11) is 0. The Hall–Kier alpha value is -2.49. The lowest BCUT2D eigenvalue weighted by molar-refractivity contribution is -0.139. The van der Waals surface area contributed by atoms with Gasteiger partial charge in [-0.1, -0.05) is 24.3 Å². The first-order chi connectivity index (χ1) is 9.65. The van der Waals surface area contributed by atoms with Crippen molar-refractivity contribution in [3.63, 3.8) is 0 Å². The predicted molar refractivity (Wildman–Crippen MR) is 72.7 cm³/mol. The van der Waals surface area contributed by atoms with Crippen molar-refractivity contribution in [2.24, 2.45) is 0 Å². The van der Waals surface area contributed by atoms with Crippen LogP contribution in [0.25, 0.3) is 0 Å². The van der Waals surface area contributed by atoms with Crippen LogP contribution in [0.3, 0.4) is 0 Å². The molecule has 0 bridgehead atoms. The van der Waals surface area contributed by atoms with Crippen LogP contribution in [0, 0.1) is 0 Å². The number of phenolic OH excluding ortho intramolecular Hbond substituents is 2. The van der Waals surface area contributed by atoms with Crippen LogP contribution in [-0.2, 0) is 9.53 Å². The molecule has 2 N–H and O–H groups in total. The van der Waals surface area contributed by atoms with Crippen molar-refractivity contribution in [3.8, 4) is 11.5 Å². The van der Waals surface area contributed by atoms with Gasteiger partial charge in [0.15, 0.2) is 0 Å². The number of hydrogen-bond acceptors (Lipinski definition) is 4. The van der Waals surface area contributed by atoms with E-state index in [2.05, 4.69) is 0 Å². The molecule has 0 radical (unpaired) electrons. The first kappa shape index (κ1) is 12.5. The van der Waals surface area contributed by atoms with E-state index in [0.717, 1.165) is 11.1 Å². The minimum atomic E-state index is -0.455. The third-order valence-electron chi connectivity index (χ3n) is 3.59. The van der Waals surface area contributed by atoms with E-state index in [9.17, 15) is 15.0 Å². The molecule has 2 aromatic carbocycles. The van der Waals surface area contributed by atoms with Gasteiger partial charge in [-0.15, -0.1) is 0 Å². The Bertz CT molecular complexity index is 650. The van der Waals surface area contributed by atoms with Crippen LogP contribution in [0.5, 0.6) is 11.5 Å². The van der Waals surface area contributed by atoms with Gasteiger partial charge in [0.2, 0.25) is 0 Å². The van der Waals surface area contributed by atoms with Gasteiger partial charge in [0.05, 0.1) is 12.5 Å². The number of carbonyl (C=O) groups excluding carboxylic acids is 1.